The number of nitrogens with one attached hydrogen (secondary N) is 1. The third-order valence-electron chi connectivity index (χ3n) is 4.84. The van der Waals surface area contributed by atoms with Gasteiger partial charge in [0.05, 0.1) is 17.9 Å². The van der Waals surface area contributed by atoms with Crippen LogP contribution in [-0.4, -0.2) is 34.6 Å². The number of rotatable bonds is 6. The van der Waals surface area contributed by atoms with Crippen molar-refractivity contribution in [2.45, 2.75) is 6.92 Å². The summed E-state index contributed by atoms with van der Waals surface area (Å²) in [6, 6.07) is 16.2. The van der Waals surface area contributed by atoms with Gasteiger partial charge in [0.1, 0.15) is 22.8 Å². The zero-order valence-corrected chi connectivity index (χ0v) is 18.2. The van der Waals surface area contributed by atoms with Crippen LogP contribution in [0.15, 0.2) is 70.7 Å². The van der Waals surface area contributed by atoms with Crippen LogP contribution < -0.4 is 15.0 Å². The third kappa shape index (κ3) is 4.53. The second-order valence-electron chi connectivity index (χ2n) is 6.97. The Morgan fingerprint density at radius 1 is 1.09 bits per heavy atom. The Morgan fingerprint density at radius 3 is 2.42 bits per heavy atom. The zero-order chi connectivity index (χ0) is 23.5. The highest BCUT2D eigenvalue weighted by molar-refractivity contribution is 7.80. The maximum atomic E-state index is 13.1. The SMILES string of the molecule is CCOc1ccc(N2C(=O)C(=Cc3ccc(-c4ccc(C(=O)O)cc4)o3)C(=O)NC2=S)cc1. The highest BCUT2D eigenvalue weighted by Crippen LogP contribution is 2.27. The molecule has 1 aromatic heterocycles. The van der Waals surface area contributed by atoms with E-state index in [0.717, 1.165) is 0 Å². The first kappa shape index (κ1) is 22.0. The Bertz CT molecular complexity index is 1280. The molecule has 0 aliphatic carbocycles. The summed E-state index contributed by atoms with van der Waals surface area (Å²) in [5, 5.41) is 11.5. The number of amides is 2. The molecule has 0 atom stereocenters. The number of hydrogen-bond acceptors (Lipinski definition) is 6. The maximum Gasteiger partial charge on any atom is 0.335 e. The normalized spacial score (nSPS) is 15.0. The number of nitrogens with zero attached hydrogens (tertiary/aromatic N) is 1. The van der Waals surface area contributed by atoms with Crippen LogP contribution >= 0.6 is 12.2 Å². The summed E-state index contributed by atoms with van der Waals surface area (Å²) >= 11 is 5.21. The standard InChI is InChI=1S/C24H18N2O6S/c1-2-31-17-9-7-16(8-10-17)26-22(28)19(21(27)25-24(26)33)13-18-11-12-20(32-18)14-3-5-15(6-4-14)23(29)30/h3-13H,2H2,1H3,(H,29,30)(H,25,27,33). The molecule has 4 rings (SSSR count). The molecule has 0 radical (unpaired) electrons. The molecule has 0 bridgehead atoms. The molecule has 166 valence electrons. The molecule has 8 nitrogen and oxygen atoms in total. The lowest BCUT2D eigenvalue weighted by molar-refractivity contribution is -0.122. The van der Waals surface area contributed by atoms with Crippen LogP contribution in [0.5, 0.6) is 5.75 Å². The van der Waals surface area contributed by atoms with Crippen LogP contribution in [0.4, 0.5) is 5.69 Å². The predicted molar refractivity (Wildman–Crippen MR) is 125 cm³/mol. The van der Waals surface area contributed by atoms with Crippen molar-refractivity contribution in [2.24, 2.45) is 0 Å². The van der Waals surface area contributed by atoms with Gasteiger partial charge in [-0.15, -0.1) is 0 Å². The number of carboxylic acid groups (broad SMARTS) is 1. The van der Waals surface area contributed by atoms with Crippen LogP contribution in [0.1, 0.15) is 23.0 Å². The van der Waals surface area contributed by atoms with Gasteiger partial charge < -0.3 is 14.3 Å². The molecule has 2 amide bonds. The number of ether oxygens (including phenoxy) is 1. The predicted octanol–water partition coefficient (Wildman–Crippen LogP) is 3.87. The number of aromatic carboxylic acids is 1. The summed E-state index contributed by atoms with van der Waals surface area (Å²) in [4.78, 5) is 37.8. The summed E-state index contributed by atoms with van der Waals surface area (Å²) in [5.41, 5.74) is 1.15. The van der Waals surface area contributed by atoms with Crippen LogP contribution in [0, 0.1) is 0 Å². The summed E-state index contributed by atoms with van der Waals surface area (Å²) in [6.45, 7) is 2.38. The number of carbonyl (C=O) groups is 3. The summed E-state index contributed by atoms with van der Waals surface area (Å²) in [7, 11) is 0. The van der Waals surface area contributed by atoms with Crippen molar-refractivity contribution in [3.8, 4) is 17.1 Å². The Morgan fingerprint density at radius 2 is 1.79 bits per heavy atom. The molecule has 1 fully saturated rings. The summed E-state index contributed by atoms with van der Waals surface area (Å²) in [6.07, 6.45) is 1.34. The van der Waals surface area contributed by atoms with Crippen molar-refractivity contribution >= 4 is 46.9 Å². The lowest BCUT2D eigenvalue weighted by Gasteiger charge is -2.28. The van der Waals surface area contributed by atoms with Crippen LogP contribution in [0.3, 0.4) is 0 Å². The second kappa shape index (κ2) is 9.09. The van der Waals surface area contributed by atoms with E-state index in [0.29, 0.717) is 29.4 Å². The highest BCUT2D eigenvalue weighted by Gasteiger charge is 2.34. The van der Waals surface area contributed by atoms with E-state index in [9.17, 15) is 14.4 Å². The molecular formula is C24H18N2O6S. The van der Waals surface area contributed by atoms with E-state index in [-0.39, 0.29) is 22.0 Å². The summed E-state index contributed by atoms with van der Waals surface area (Å²) < 4.78 is 11.2. The minimum atomic E-state index is -1.02. The Labute approximate surface area is 194 Å². The Hall–Kier alpha value is -4.24. The van der Waals surface area contributed by atoms with Crippen molar-refractivity contribution in [1.29, 1.82) is 0 Å². The van der Waals surface area contributed by atoms with Crippen molar-refractivity contribution in [3.63, 3.8) is 0 Å². The number of hydrogen-bond donors (Lipinski definition) is 2. The molecule has 1 aliphatic rings. The Balaban J connectivity index is 1.60. The number of benzene rings is 2. The fraction of sp³-hybridized carbons (Fsp3) is 0.0833. The number of thiocarbonyl (C=S) groups is 1. The zero-order valence-electron chi connectivity index (χ0n) is 17.4. The van der Waals surface area contributed by atoms with Crippen molar-refractivity contribution in [1.82, 2.24) is 5.32 Å². The van der Waals surface area contributed by atoms with Gasteiger partial charge in [0.15, 0.2) is 5.11 Å². The summed E-state index contributed by atoms with van der Waals surface area (Å²) in [5.74, 6) is -0.849. The quantitative estimate of drug-likeness (QED) is 0.325. The van der Waals surface area contributed by atoms with E-state index >= 15 is 0 Å². The van der Waals surface area contributed by atoms with Gasteiger partial charge >= 0.3 is 5.97 Å². The molecule has 0 spiro atoms. The van der Waals surface area contributed by atoms with E-state index in [2.05, 4.69) is 5.32 Å². The third-order valence-corrected chi connectivity index (χ3v) is 5.12. The van der Waals surface area contributed by atoms with Gasteiger partial charge in [0.25, 0.3) is 11.8 Å². The van der Waals surface area contributed by atoms with Crippen LogP contribution in [0.2, 0.25) is 0 Å². The smallest absolute Gasteiger partial charge is 0.335 e. The minimum absolute atomic E-state index is 0.0232. The largest absolute Gasteiger partial charge is 0.494 e. The van der Waals surface area contributed by atoms with Gasteiger partial charge in [-0.1, -0.05) is 12.1 Å². The molecule has 2 N–H and O–H groups in total. The van der Waals surface area contributed by atoms with E-state index in [1.54, 1.807) is 48.5 Å². The van der Waals surface area contributed by atoms with Gasteiger partial charge in [0, 0.05) is 5.56 Å². The van der Waals surface area contributed by atoms with E-state index in [1.165, 1.54) is 23.1 Å². The molecule has 2 heterocycles. The number of carbonyl (C=O) groups excluding carboxylic acids is 2. The van der Waals surface area contributed by atoms with E-state index in [1.807, 2.05) is 6.92 Å². The van der Waals surface area contributed by atoms with E-state index < -0.39 is 17.8 Å². The monoisotopic (exact) mass is 462 g/mol. The number of carboxylic acids is 1. The topological polar surface area (TPSA) is 109 Å². The first-order chi connectivity index (χ1) is 15.9. The van der Waals surface area contributed by atoms with Gasteiger partial charge in [-0.2, -0.15) is 0 Å². The lowest BCUT2D eigenvalue weighted by Crippen LogP contribution is -2.54. The van der Waals surface area contributed by atoms with Gasteiger partial charge in [-0.3, -0.25) is 19.8 Å². The van der Waals surface area contributed by atoms with Gasteiger partial charge in [0.2, 0.25) is 0 Å². The highest BCUT2D eigenvalue weighted by atomic mass is 32.1. The molecule has 0 saturated carbocycles. The average molecular weight is 462 g/mol. The minimum Gasteiger partial charge on any atom is -0.494 e. The van der Waals surface area contributed by atoms with Crippen LogP contribution in [-0.2, 0) is 9.59 Å². The average Bonchev–Trinajstić information content (AvgIpc) is 3.27. The number of anilines is 1. The molecule has 3 aromatic rings. The van der Waals surface area contributed by atoms with Crippen molar-refractivity contribution < 1.29 is 28.6 Å². The Kier molecular flexibility index (Phi) is 6.05. The van der Waals surface area contributed by atoms with Crippen LogP contribution in [0.25, 0.3) is 17.4 Å². The lowest BCUT2D eigenvalue weighted by atomic mass is 10.1. The van der Waals surface area contributed by atoms with Gasteiger partial charge in [-0.25, -0.2) is 4.79 Å². The molecule has 1 aliphatic heterocycles. The molecule has 1 saturated heterocycles. The molecule has 33 heavy (non-hydrogen) atoms. The second-order valence-corrected chi connectivity index (χ2v) is 7.36. The first-order valence-corrected chi connectivity index (χ1v) is 10.4. The van der Waals surface area contributed by atoms with Crippen molar-refractivity contribution in [2.75, 3.05) is 11.5 Å². The molecule has 0 unspecified atom stereocenters. The number of furan rings is 1. The van der Waals surface area contributed by atoms with Gasteiger partial charge in [-0.05, 0) is 73.7 Å². The fourth-order valence-electron chi connectivity index (χ4n) is 3.25. The molecule has 2 aromatic carbocycles. The molecule has 9 heteroatoms. The van der Waals surface area contributed by atoms with Crippen molar-refractivity contribution in [3.05, 3.63) is 77.6 Å². The fourth-order valence-corrected chi connectivity index (χ4v) is 3.54. The first-order valence-electron chi connectivity index (χ1n) is 9.95. The molecular weight excluding hydrogens is 444 g/mol. The van der Waals surface area contributed by atoms with E-state index in [4.69, 9.17) is 26.5 Å². The maximum absolute atomic E-state index is 13.1.